The number of anilines is 1. The van der Waals surface area contributed by atoms with Crippen LogP contribution in [0, 0.1) is 5.92 Å². The molecule has 0 spiro atoms. The van der Waals surface area contributed by atoms with Crippen LogP contribution in [-0.4, -0.2) is 25.2 Å². The molecule has 3 unspecified atom stereocenters. The number of hydrogen-bond donors (Lipinski definition) is 1. The summed E-state index contributed by atoms with van der Waals surface area (Å²) in [5, 5.41) is 4.40. The first-order valence-electron chi connectivity index (χ1n) is 6.99. The number of piperidine rings is 1. The molecule has 0 aliphatic carbocycles. The predicted molar refractivity (Wildman–Crippen MR) is 87.2 cm³/mol. The number of nitrogens with zero attached hydrogens (tertiary/aromatic N) is 1. The van der Waals surface area contributed by atoms with Gasteiger partial charge in [0.05, 0.1) is 5.69 Å². The second-order valence-corrected chi connectivity index (χ2v) is 6.63. The average molecular weight is 346 g/mol. The number of nitrogens with one attached hydrogen (secondary N) is 1. The SMILES string of the molecule is CCNC1CCN(c2cc(Cl)ccc2Br)C(C)C1C. The van der Waals surface area contributed by atoms with Gasteiger partial charge in [-0.2, -0.15) is 0 Å². The molecule has 2 rings (SSSR count). The minimum absolute atomic E-state index is 0.507. The lowest BCUT2D eigenvalue weighted by molar-refractivity contribution is 0.274. The summed E-state index contributed by atoms with van der Waals surface area (Å²) < 4.78 is 1.12. The van der Waals surface area contributed by atoms with E-state index in [2.05, 4.69) is 53.0 Å². The molecule has 1 aromatic carbocycles. The minimum Gasteiger partial charge on any atom is -0.367 e. The van der Waals surface area contributed by atoms with Crippen LogP contribution in [0.4, 0.5) is 5.69 Å². The molecule has 1 N–H and O–H groups in total. The monoisotopic (exact) mass is 344 g/mol. The molecule has 2 nitrogen and oxygen atoms in total. The summed E-state index contributed by atoms with van der Waals surface area (Å²) >= 11 is 9.78. The lowest BCUT2D eigenvalue weighted by Crippen LogP contribution is -2.53. The van der Waals surface area contributed by atoms with Crippen molar-refractivity contribution in [2.75, 3.05) is 18.0 Å². The summed E-state index contributed by atoms with van der Waals surface area (Å²) in [7, 11) is 0. The lowest BCUT2D eigenvalue weighted by atomic mass is 9.86. The van der Waals surface area contributed by atoms with Crippen LogP contribution in [0.3, 0.4) is 0 Å². The summed E-state index contributed by atoms with van der Waals surface area (Å²) in [5.74, 6) is 0.625. The molecule has 0 amide bonds. The highest BCUT2D eigenvalue weighted by Crippen LogP contribution is 2.35. The van der Waals surface area contributed by atoms with E-state index in [1.165, 1.54) is 12.1 Å². The number of hydrogen-bond acceptors (Lipinski definition) is 2. The van der Waals surface area contributed by atoms with Crippen molar-refractivity contribution in [3.63, 3.8) is 0 Å². The molecule has 19 heavy (non-hydrogen) atoms. The Morgan fingerprint density at radius 2 is 2.16 bits per heavy atom. The molecular weight excluding hydrogens is 324 g/mol. The fourth-order valence-electron chi connectivity index (χ4n) is 2.96. The molecule has 0 saturated carbocycles. The number of benzene rings is 1. The van der Waals surface area contributed by atoms with Crippen molar-refractivity contribution in [2.45, 2.75) is 39.3 Å². The second-order valence-electron chi connectivity index (χ2n) is 5.34. The Hall–Kier alpha value is -0.250. The summed E-state index contributed by atoms with van der Waals surface area (Å²) in [6, 6.07) is 7.14. The van der Waals surface area contributed by atoms with E-state index in [0.717, 1.165) is 22.6 Å². The molecule has 1 aliphatic heterocycles. The molecule has 1 fully saturated rings. The Morgan fingerprint density at radius 1 is 1.42 bits per heavy atom. The van der Waals surface area contributed by atoms with Crippen LogP contribution in [0.15, 0.2) is 22.7 Å². The first-order chi connectivity index (χ1) is 9.04. The third kappa shape index (κ3) is 3.26. The Morgan fingerprint density at radius 3 is 2.84 bits per heavy atom. The van der Waals surface area contributed by atoms with E-state index in [-0.39, 0.29) is 0 Å². The van der Waals surface area contributed by atoms with E-state index in [9.17, 15) is 0 Å². The van der Waals surface area contributed by atoms with Crippen LogP contribution in [0.5, 0.6) is 0 Å². The van der Waals surface area contributed by atoms with Crippen molar-refractivity contribution in [2.24, 2.45) is 5.92 Å². The average Bonchev–Trinajstić information content (AvgIpc) is 2.39. The lowest BCUT2D eigenvalue weighted by Gasteiger charge is -2.44. The first kappa shape index (κ1) is 15.1. The van der Waals surface area contributed by atoms with Gasteiger partial charge < -0.3 is 10.2 Å². The highest BCUT2D eigenvalue weighted by Gasteiger charge is 2.32. The van der Waals surface area contributed by atoms with Gasteiger partial charge in [-0.25, -0.2) is 0 Å². The van der Waals surface area contributed by atoms with E-state index in [1.807, 2.05) is 12.1 Å². The highest BCUT2D eigenvalue weighted by molar-refractivity contribution is 9.10. The van der Waals surface area contributed by atoms with E-state index < -0.39 is 0 Å². The summed E-state index contributed by atoms with van der Waals surface area (Å²) in [4.78, 5) is 2.47. The van der Waals surface area contributed by atoms with Gasteiger partial charge in [0.1, 0.15) is 0 Å². The number of halogens is 2. The highest BCUT2D eigenvalue weighted by atomic mass is 79.9. The van der Waals surface area contributed by atoms with Gasteiger partial charge >= 0.3 is 0 Å². The Bertz CT molecular complexity index is 438. The van der Waals surface area contributed by atoms with Gasteiger partial charge in [0.25, 0.3) is 0 Å². The maximum atomic E-state index is 6.14. The zero-order chi connectivity index (χ0) is 14.0. The van der Waals surface area contributed by atoms with Gasteiger partial charge in [0.15, 0.2) is 0 Å². The van der Waals surface area contributed by atoms with Crippen LogP contribution >= 0.6 is 27.5 Å². The predicted octanol–water partition coefficient (Wildman–Crippen LogP) is 4.32. The zero-order valence-corrected chi connectivity index (χ0v) is 14.1. The van der Waals surface area contributed by atoms with Crippen molar-refractivity contribution in [3.8, 4) is 0 Å². The normalized spacial score (nSPS) is 27.6. The second kappa shape index (κ2) is 6.47. The first-order valence-corrected chi connectivity index (χ1v) is 8.16. The van der Waals surface area contributed by atoms with Gasteiger partial charge in [-0.15, -0.1) is 0 Å². The van der Waals surface area contributed by atoms with Crippen molar-refractivity contribution in [1.82, 2.24) is 5.32 Å². The Balaban J connectivity index is 2.20. The van der Waals surface area contributed by atoms with Crippen LogP contribution < -0.4 is 10.2 Å². The fraction of sp³-hybridized carbons (Fsp3) is 0.600. The van der Waals surface area contributed by atoms with E-state index in [4.69, 9.17) is 11.6 Å². The molecule has 106 valence electrons. The summed E-state index contributed by atoms with van der Waals surface area (Å²) in [6.07, 6.45) is 1.18. The van der Waals surface area contributed by atoms with Crippen molar-refractivity contribution < 1.29 is 0 Å². The van der Waals surface area contributed by atoms with Crippen LogP contribution in [0.1, 0.15) is 27.2 Å². The van der Waals surface area contributed by atoms with Crippen LogP contribution in [-0.2, 0) is 0 Å². The molecule has 0 aromatic heterocycles. The van der Waals surface area contributed by atoms with Gasteiger partial charge in [0, 0.05) is 28.1 Å². The Labute approximate surface area is 129 Å². The zero-order valence-electron chi connectivity index (χ0n) is 11.8. The molecule has 1 saturated heterocycles. The van der Waals surface area contributed by atoms with Crippen molar-refractivity contribution in [3.05, 3.63) is 27.7 Å². The molecule has 1 aromatic rings. The topological polar surface area (TPSA) is 15.3 Å². The molecule has 1 heterocycles. The van der Waals surface area contributed by atoms with Crippen molar-refractivity contribution >= 4 is 33.2 Å². The number of rotatable bonds is 3. The van der Waals surface area contributed by atoms with E-state index >= 15 is 0 Å². The minimum atomic E-state index is 0.507. The third-order valence-electron chi connectivity index (χ3n) is 4.25. The summed E-state index contributed by atoms with van der Waals surface area (Å²) in [5.41, 5.74) is 1.21. The molecule has 0 bridgehead atoms. The molecular formula is C15H22BrClN2. The van der Waals surface area contributed by atoms with E-state index in [0.29, 0.717) is 18.0 Å². The van der Waals surface area contributed by atoms with Crippen LogP contribution in [0.2, 0.25) is 5.02 Å². The maximum Gasteiger partial charge on any atom is 0.0528 e. The van der Waals surface area contributed by atoms with Gasteiger partial charge in [0.2, 0.25) is 0 Å². The third-order valence-corrected chi connectivity index (χ3v) is 5.16. The van der Waals surface area contributed by atoms with Crippen LogP contribution in [0.25, 0.3) is 0 Å². The molecule has 3 atom stereocenters. The maximum absolute atomic E-state index is 6.14. The van der Waals surface area contributed by atoms with Crippen molar-refractivity contribution in [1.29, 1.82) is 0 Å². The quantitative estimate of drug-likeness (QED) is 0.878. The van der Waals surface area contributed by atoms with Gasteiger partial charge in [-0.1, -0.05) is 25.4 Å². The standard InChI is InChI=1S/C15H22BrClN2/c1-4-18-14-7-8-19(11(3)10(14)2)15-9-12(17)5-6-13(15)16/h5-6,9-11,14,18H,4,7-8H2,1-3H3. The smallest absolute Gasteiger partial charge is 0.0528 e. The van der Waals surface area contributed by atoms with Gasteiger partial charge in [-0.05, 0) is 59.9 Å². The van der Waals surface area contributed by atoms with Gasteiger partial charge in [-0.3, -0.25) is 0 Å². The summed E-state index contributed by atoms with van der Waals surface area (Å²) in [6.45, 7) is 8.94. The fourth-order valence-corrected chi connectivity index (χ4v) is 3.60. The largest absolute Gasteiger partial charge is 0.367 e. The molecule has 4 heteroatoms. The molecule has 1 aliphatic rings. The van der Waals surface area contributed by atoms with E-state index in [1.54, 1.807) is 0 Å². The molecule has 0 radical (unpaired) electrons. The Kier molecular flexibility index (Phi) is 5.15.